The second-order valence-corrected chi connectivity index (χ2v) is 9.07. The molecule has 30 heavy (non-hydrogen) atoms. The number of hydrogen-bond acceptors (Lipinski definition) is 6. The number of hydrogen-bond donors (Lipinski definition) is 2. The number of aromatic nitrogens is 2. The zero-order valence-electron chi connectivity index (χ0n) is 17.1. The van der Waals surface area contributed by atoms with Gasteiger partial charge in [0.05, 0.1) is 19.6 Å². The van der Waals surface area contributed by atoms with Crippen LogP contribution >= 0.6 is 11.3 Å². The van der Waals surface area contributed by atoms with E-state index in [-0.39, 0.29) is 17.3 Å². The lowest BCUT2D eigenvalue weighted by Crippen LogP contribution is -2.37. The van der Waals surface area contributed by atoms with Gasteiger partial charge in [-0.1, -0.05) is 23.5 Å². The third-order valence-electron chi connectivity index (χ3n) is 6.61. The molecule has 1 aromatic carbocycles. The first-order valence-electron chi connectivity index (χ1n) is 10.3. The van der Waals surface area contributed by atoms with Crippen LogP contribution in [0.3, 0.4) is 0 Å². The van der Waals surface area contributed by atoms with Crippen LogP contribution in [-0.2, 0) is 13.0 Å². The molecule has 1 aliphatic heterocycles. The van der Waals surface area contributed by atoms with Crippen molar-refractivity contribution in [1.29, 1.82) is 0 Å². The van der Waals surface area contributed by atoms with Crippen molar-refractivity contribution >= 4 is 21.6 Å². The molecule has 0 bridgehead atoms. The molecule has 5 rings (SSSR count). The smallest absolute Gasteiger partial charge is 0.329 e. The fraction of sp³-hybridized carbons (Fsp3) is 0.455. The van der Waals surface area contributed by atoms with E-state index in [0.29, 0.717) is 40.1 Å². The van der Waals surface area contributed by atoms with E-state index in [1.54, 1.807) is 20.3 Å². The summed E-state index contributed by atoms with van der Waals surface area (Å²) < 4.78 is 12.1. The van der Waals surface area contributed by atoms with Crippen LogP contribution in [0.2, 0.25) is 0 Å². The average molecular weight is 428 g/mol. The van der Waals surface area contributed by atoms with Gasteiger partial charge in [-0.2, -0.15) is 0 Å². The Labute approximate surface area is 177 Å². The molecular formula is C22H25N3O4S. The number of fused-ring (bicyclic) bond motifs is 4. The Kier molecular flexibility index (Phi) is 4.91. The zero-order chi connectivity index (χ0) is 20.8. The van der Waals surface area contributed by atoms with E-state index >= 15 is 0 Å². The number of rotatable bonds is 5. The predicted octanol–water partition coefficient (Wildman–Crippen LogP) is 2.48. The van der Waals surface area contributed by atoms with Gasteiger partial charge in [0.15, 0.2) is 5.06 Å². The maximum absolute atomic E-state index is 12.9. The van der Waals surface area contributed by atoms with Gasteiger partial charge in [-0.25, -0.2) is 4.79 Å². The van der Waals surface area contributed by atoms with Crippen LogP contribution in [0.15, 0.2) is 33.9 Å². The Hall–Kier alpha value is -2.58. The zero-order valence-corrected chi connectivity index (χ0v) is 17.9. The Morgan fingerprint density at radius 2 is 2.10 bits per heavy atom. The van der Waals surface area contributed by atoms with Crippen molar-refractivity contribution in [1.82, 2.24) is 14.9 Å². The summed E-state index contributed by atoms with van der Waals surface area (Å²) in [7, 11) is 3.28. The highest BCUT2D eigenvalue weighted by molar-refractivity contribution is 7.20. The Balaban J connectivity index is 1.43. The third kappa shape index (κ3) is 3.06. The minimum Gasteiger partial charge on any atom is -0.496 e. The number of methoxy groups -OCH3 is 2. The largest absolute Gasteiger partial charge is 0.496 e. The minimum atomic E-state index is -0.364. The van der Waals surface area contributed by atoms with Crippen molar-refractivity contribution in [3.8, 4) is 10.8 Å². The number of aromatic amines is 1. The first-order valence-corrected chi connectivity index (χ1v) is 11.1. The molecule has 1 aliphatic carbocycles. The van der Waals surface area contributed by atoms with E-state index in [2.05, 4.69) is 22.4 Å². The molecule has 7 nitrogen and oxygen atoms in total. The van der Waals surface area contributed by atoms with E-state index in [1.807, 2.05) is 6.07 Å². The van der Waals surface area contributed by atoms with Crippen LogP contribution in [0, 0.1) is 5.92 Å². The second-order valence-electron chi connectivity index (χ2n) is 8.06. The SMILES string of the molecule is COc1cc2c(=O)n(CCC3NC[C@@H]4CCc5c(OC)cccc5[C@H]34)c(=O)[nH]c2s1. The van der Waals surface area contributed by atoms with Gasteiger partial charge in [0.2, 0.25) is 0 Å². The third-order valence-corrected chi connectivity index (χ3v) is 7.62. The van der Waals surface area contributed by atoms with Crippen LogP contribution in [-0.4, -0.2) is 36.4 Å². The lowest BCUT2D eigenvalue weighted by Gasteiger charge is -2.32. The fourth-order valence-corrected chi connectivity index (χ4v) is 6.05. The van der Waals surface area contributed by atoms with Crippen LogP contribution in [0.5, 0.6) is 10.8 Å². The molecule has 2 aromatic heterocycles. The van der Waals surface area contributed by atoms with Gasteiger partial charge < -0.3 is 14.8 Å². The maximum atomic E-state index is 12.9. The lowest BCUT2D eigenvalue weighted by atomic mass is 9.73. The highest BCUT2D eigenvalue weighted by Crippen LogP contribution is 2.45. The van der Waals surface area contributed by atoms with Gasteiger partial charge in [-0.15, -0.1) is 0 Å². The number of thiophene rings is 1. The molecule has 0 spiro atoms. The maximum Gasteiger partial charge on any atom is 0.329 e. The van der Waals surface area contributed by atoms with Crippen molar-refractivity contribution in [3.63, 3.8) is 0 Å². The summed E-state index contributed by atoms with van der Waals surface area (Å²) in [6.45, 7) is 1.35. The molecule has 1 saturated heterocycles. The quantitative estimate of drug-likeness (QED) is 0.653. The lowest BCUT2D eigenvalue weighted by molar-refractivity contribution is 0.371. The summed E-state index contributed by atoms with van der Waals surface area (Å²) in [6.07, 6.45) is 2.88. The molecule has 0 amide bonds. The van der Waals surface area contributed by atoms with E-state index in [4.69, 9.17) is 9.47 Å². The van der Waals surface area contributed by atoms with Crippen LogP contribution in [0.1, 0.15) is 29.9 Å². The molecule has 3 aromatic rings. The van der Waals surface area contributed by atoms with Crippen LogP contribution in [0.25, 0.3) is 10.2 Å². The molecule has 3 atom stereocenters. The van der Waals surface area contributed by atoms with Gasteiger partial charge in [0, 0.05) is 24.6 Å². The highest BCUT2D eigenvalue weighted by atomic mass is 32.1. The van der Waals surface area contributed by atoms with E-state index < -0.39 is 0 Å². The molecule has 158 valence electrons. The molecule has 1 unspecified atom stereocenters. The van der Waals surface area contributed by atoms with Gasteiger partial charge in [0.1, 0.15) is 10.6 Å². The summed E-state index contributed by atoms with van der Waals surface area (Å²) in [5.74, 6) is 1.91. The van der Waals surface area contributed by atoms with Crippen LogP contribution in [0.4, 0.5) is 0 Å². The van der Waals surface area contributed by atoms with Gasteiger partial charge in [-0.3, -0.25) is 14.3 Å². The minimum absolute atomic E-state index is 0.222. The highest BCUT2D eigenvalue weighted by Gasteiger charge is 2.40. The number of H-pyrrole nitrogens is 1. The summed E-state index contributed by atoms with van der Waals surface area (Å²) in [5.41, 5.74) is 2.03. The fourth-order valence-electron chi connectivity index (χ4n) is 5.20. The van der Waals surface area contributed by atoms with Crippen molar-refractivity contribution in [2.24, 2.45) is 5.92 Å². The molecule has 3 heterocycles. The molecule has 2 aliphatic rings. The number of nitrogens with one attached hydrogen (secondary N) is 2. The summed E-state index contributed by atoms with van der Waals surface area (Å²) >= 11 is 1.27. The first-order chi connectivity index (χ1) is 14.6. The standard InChI is InChI=1S/C22H25N3O4S/c1-28-17-5-3-4-14-13(17)7-6-12-11-23-16(19(12)14)8-9-25-21(26)15-10-18(29-2)30-20(15)24-22(25)27/h3-5,10,12,16,19,23H,6-9,11H2,1-2H3,(H,24,27)/t12-,16?,19+/m0/s1. The number of ether oxygens (including phenoxy) is 2. The molecule has 0 saturated carbocycles. The van der Waals surface area contributed by atoms with E-state index in [0.717, 1.165) is 25.1 Å². The summed E-state index contributed by atoms with van der Waals surface area (Å²) in [4.78, 5) is 28.8. The van der Waals surface area contributed by atoms with Crippen molar-refractivity contribution < 1.29 is 9.47 Å². The first kappa shape index (κ1) is 19.4. The second kappa shape index (κ2) is 7.59. The Morgan fingerprint density at radius 1 is 1.23 bits per heavy atom. The Morgan fingerprint density at radius 3 is 2.90 bits per heavy atom. The molecule has 8 heteroatoms. The van der Waals surface area contributed by atoms with E-state index in [9.17, 15) is 9.59 Å². The van der Waals surface area contributed by atoms with Crippen molar-refractivity contribution in [3.05, 3.63) is 56.2 Å². The van der Waals surface area contributed by atoms with E-state index in [1.165, 1.54) is 27.0 Å². The summed E-state index contributed by atoms with van der Waals surface area (Å²) in [5, 5.41) is 4.77. The summed E-state index contributed by atoms with van der Waals surface area (Å²) in [6, 6.07) is 8.21. The normalized spacial score (nSPS) is 22.7. The Bertz CT molecular complexity index is 1210. The van der Waals surface area contributed by atoms with Crippen molar-refractivity contribution in [2.45, 2.75) is 37.8 Å². The molecular weight excluding hydrogens is 402 g/mol. The average Bonchev–Trinajstić information content (AvgIpc) is 3.37. The number of benzene rings is 1. The molecule has 2 N–H and O–H groups in total. The van der Waals surface area contributed by atoms with Crippen molar-refractivity contribution in [2.75, 3.05) is 20.8 Å². The molecule has 0 radical (unpaired) electrons. The topological polar surface area (TPSA) is 85.3 Å². The van der Waals surface area contributed by atoms with Crippen LogP contribution < -0.4 is 26.0 Å². The number of nitrogens with zero attached hydrogens (tertiary/aromatic N) is 1. The van der Waals surface area contributed by atoms with Gasteiger partial charge in [-0.05, 0) is 48.9 Å². The molecule has 1 fully saturated rings. The van der Waals surface area contributed by atoms with Gasteiger partial charge >= 0.3 is 5.69 Å². The monoisotopic (exact) mass is 427 g/mol. The predicted molar refractivity (Wildman–Crippen MR) is 117 cm³/mol. The van der Waals surface area contributed by atoms with Gasteiger partial charge in [0.25, 0.3) is 5.56 Å².